The molecular formula is C14H16BrN3S. The highest BCUT2D eigenvalue weighted by molar-refractivity contribution is 9.10. The molecule has 0 aliphatic heterocycles. The number of halogens is 1. The Morgan fingerprint density at radius 3 is 2.79 bits per heavy atom. The first-order chi connectivity index (χ1) is 9.22. The van der Waals surface area contributed by atoms with Crippen molar-refractivity contribution in [3.63, 3.8) is 0 Å². The standard InChI is InChI=1S/C14H16BrN3S/c1-3-8-16-13-12(15)14(18-9-17-13)19-11-7-5-4-6-10(11)2/h4-7,9H,3,8H2,1-2H3,(H,16,17,18). The van der Waals surface area contributed by atoms with Gasteiger partial charge in [0, 0.05) is 11.4 Å². The Bertz CT molecular complexity index is 560. The Hall–Kier alpha value is -1.07. The first-order valence-electron chi connectivity index (χ1n) is 6.20. The van der Waals surface area contributed by atoms with Gasteiger partial charge in [-0.1, -0.05) is 36.9 Å². The van der Waals surface area contributed by atoms with Crippen LogP contribution in [0.25, 0.3) is 0 Å². The van der Waals surface area contributed by atoms with E-state index in [-0.39, 0.29) is 0 Å². The second-order valence-electron chi connectivity index (χ2n) is 4.14. The molecule has 5 heteroatoms. The molecule has 2 rings (SSSR count). The second kappa shape index (κ2) is 6.91. The summed E-state index contributed by atoms with van der Waals surface area (Å²) >= 11 is 5.24. The number of hydrogen-bond acceptors (Lipinski definition) is 4. The third kappa shape index (κ3) is 3.70. The van der Waals surface area contributed by atoms with Crippen LogP contribution in [0.5, 0.6) is 0 Å². The van der Waals surface area contributed by atoms with Gasteiger partial charge in [0.2, 0.25) is 0 Å². The number of aromatic nitrogens is 2. The molecule has 1 heterocycles. The number of hydrogen-bond donors (Lipinski definition) is 1. The summed E-state index contributed by atoms with van der Waals surface area (Å²) in [5, 5.41) is 4.23. The molecule has 0 aliphatic carbocycles. The SMILES string of the molecule is CCCNc1ncnc(Sc2ccccc2C)c1Br. The summed E-state index contributed by atoms with van der Waals surface area (Å²) in [6.07, 6.45) is 2.67. The molecule has 0 saturated heterocycles. The molecule has 100 valence electrons. The Kier molecular flexibility index (Phi) is 5.22. The number of anilines is 1. The summed E-state index contributed by atoms with van der Waals surface area (Å²) in [6.45, 7) is 5.14. The van der Waals surface area contributed by atoms with Crippen LogP contribution in [0.1, 0.15) is 18.9 Å². The minimum atomic E-state index is 0.855. The Balaban J connectivity index is 2.23. The van der Waals surface area contributed by atoms with E-state index in [1.807, 2.05) is 12.1 Å². The molecule has 0 bridgehead atoms. The van der Waals surface area contributed by atoms with Crippen LogP contribution in [0.15, 0.2) is 45.0 Å². The van der Waals surface area contributed by atoms with Gasteiger partial charge in [-0.05, 0) is 40.9 Å². The average Bonchev–Trinajstić information content (AvgIpc) is 2.42. The quantitative estimate of drug-likeness (QED) is 0.814. The fourth-order valence-corrected chi connectivity index (χ4v) is 3.02. The summed E-state index contributed by atoms with van der Waals surface area (Å²) < 4.78 is 0.928. The smallest absolute Gasteiger partial charge is 0.144 e. The van der Waals surface area contributed by atoms with Gasteiger partial charge in [-0.2, -0.15) is 0 Å². The molecule has 0 amide bonds. The predicted molar refractivity (Wildman–Crippen MR) is 83.8 cm³/mol. The van der Waals surface area contributed by atoms with Gasteiger partial charge in [0.15, 0.2) is 0 Å². The van der Waals surface area contributed by atoms with Gasteiger partial charge in [-0.15, -0.1) is 0 Å². The van der Waals surface area contributed by atoms with Gasteiger partial charge in [0.25, 0.3) is 0 Å². The number of aryl methyl sites for hydroxylation is 1. The molecule has 0 fully saturated rings. The van der Waals surface area contributed by atoms with Crippen molar-refractivity contribution < 1.29 is 0 Å². The van der Waals surface area contributed by atoms with E-state index in [4.69, 9.17) is 0 Å². The maximum Gasteiger partial charge on any atom is 0.144 e. The largest absolute Gasteiger partial charge is 0.369 e. The van der Waals surface area contributed by atoms with Gasteiger partial charge in [-0.25, -0.2) is 9.97 Å². The molecule has 0 unspecified atom stereocenters. The van der Waals surface area contributed by atoms with E-state index in [0.717, 1.165) is 28.3 Å². The number of nitrogens with zero attached hydrogens (tertiary/aromatic N) is 2. The zero-order valence-corrected chi connectivity index (χ0v) is 13.4. The van der Waals surface area contributed by atoms with E-state index >= 15 is 0 Å². The maximum atomic E-state index is 4.35. The van der Waals surface area contributed by atoms with Crippen LogP contribution in [0.3, 0.4) is 0 Å². The van der Waals surface area contributed by atoms with Crippen LogP contribution in [0, 0.1) is 6.92 Å². The Labute approximate surface area is 126 Å². The molecule has 1 aromatic carbocycles. The lowest BCUT2D eigenvalue weighted by Gasteiger charge is -2.10. The first-order valence-corrected chi connectivity index (χ1v) is 7.81. The fraction of sp³-hybridized carbons (Fsp3) is 0.286. The summed E-state index contributed by atoms with van der Waals surface area (Å²) in [7, 11) is 0. The lowest BCUT2D eigenvalue weighted by molar-refractivity contribution is 0.945. The second-order valence-corrected chi connectivity index (χ2v) is 5.96. The highest BCUT2D eigenvalue weighted by Crippen LogP contribution is 2.35. The molecule has 1 N–H and O–H groups in total. The van der Waals surface area contributed by atoms with Crippen LogP contribution >= 0.6 is 27.7 Å². The monoisotopic (exact) mass is 337 g/mol. The molecule has 3 nitrogen and oxygen atoms in total. The van der Waals surface area contributed by atoms with Crippen molar-refractivity contribution in [1.29, 1.82) is 0 Å². The van der Waals surface area contributed by atoms with Crippen molar-refractivity contribution in [3.05, 3.63) is 40.6 Å². The zero-order valence-electron chi connectivity index (χ0n) is 11.0. The predicted octanol–water partition coefficient (Wildman–Crippen LogP) is 4.52. The van der Waals surface area contributed by atoms with Gasteiger partial charge < -0.3 is 5.32 Å². The number of nitrogens with one attached hydrogen (secondary N) is 1. The van der Waals surface area contributed by atoms with Gasteiger partial charge in [0.05, 0.1) is 4.47 Å². The molecule has 1 aromatic heterocycles. The third-order valence-electron chi connectivity index (χ3n) is 2.60. The first kappa shape index (κ1) is 14.3. The third-order valence-corrected chi connectivity index (χ3v) is 4.79. The van der Waals surface area contributed by atoms with Gasteiger partial charge in [0.1, 0.15) is 17.2 Å². The molecule has 0 atom stereocenters. The highest BCUT2D eigenvalue weighted by Gasteiger charge is 2.10. The van der Waals surface area contributed by atoms with Crippen molar-refractivity contribution in [2.45, 2.75) is 30.2 Å². The van der Waals surface area contributed by atoms with E-state index in [1.165, 1.54) is 10.5 Å². The van der Waals surface area contributed by atoms with Crippen molar-refractivity contribution in [3.8, 4) is 0 Å². The van der Waals surface area contributed by atoms with Crippen molar-refractivity contribution >= 4 is 33.5 Å². The van der Waals surface area contributed by atoms with E-state index in [1.54, 1.807) is 18.1 Å². The van der Waals surface area contributed by atoms with Crippen LogP contribution in [-0.4, -0.2) is 16.5 Å². The van der Waals surface area contributed by atoms with Gasteiger partial charge in [-0.3, -0.25) is 0 Å². The topological polar surface area (TPSA) is 37.8 Å². The van der Waals surface area contributed by atoms with E-state index in [0.29, 0.717) is 0 Å². The number of benzene rings is 1. The van der Waals surface area contributed by atoms with Crippen molar-refractivity contribution in [2.75, 3.05) is 11.9 Å². The average molecular weight is 338 g/mol. The maximum absolute atomic E-state index is 4.35. The molecule has 19 heavy (non-hydrogen) atoms. The highest BCUT2D eigenvalue weighted by atomic mass is 79.9. The molecule has 2 aromatic rings. The van der Waals surface area contributed by atoms with E-state index in [2.05, 4.69) is 57.2 Å². The zero-order chi connectivity index (χ0) is 13.7. The molecular weight excluding hydrogens is 322 g/mol. The lowest BCUT2D eigenvalue weighted by Crippen LogP contribution is -2.03. The minimum absolute atomic E-state index is 0.855. The van der Waals surface area contributed by atoms with Crippen LogP contribution < -0.4 is 5.32 Å². The molecule has 0 spiro atoms. The molecule has 0 aliphatic rings. The fourth-order valence-electron chi connectivity index (χ4n) is 1.57. The van der Waals surface area contributed by atoms with E-state index in [9.17, 15) is 0 Å². The Morgan fingerprint density at radius 1 is 1.26 bits per heavy atom. The minimum Gasteiger partial charge on any atom is -0.369 e. The Morgan fingerprint density at radius 2 is 2.05 bits per heavy atom. The van der Waals surface area contributed by atoms with Crippen LogP contribution in [-0.2, 0) is 0 Å². The molecule has 0 radical (unpaired) electrons. The van der Waals surface area contributed by atoms with Crippen LogP contribution in [0.4, 0.5) is 5.82 Å². The summed E-state index contributed by atoms with van der Waals surface area (Å²) in [6, 6.07) is 8.30. The lowest BCUT2D eigenvalue weighted by atomic mass is 10.2. The van der Waals surface area contributed by atoms with Crippen molar-refractivity contribution in [2.24, 2.45) is 0 Å². The van der Waals surface area contributed by atoms with Crippen LogP contribution in [0.2, 0.25) is 0 Å². The summed E-state index contributed by atoms with van der Waals surface area (Å²) in [5.41, 5.74) is 1.25. The number of rotatable bonds is 5. The summed E-state index contributed by atoms with van der Waals surface area (Å²) in [5.74, 6) is 0.855. The normalized spacial score (nSPS) is 10.5. The van der Waals surface area contributed by atoms with Gasteiger partial charge >= 0.3 is 0 Å². The summed E-state index contributed by atoms with van der Waals surface area (Å²) in [4.78, 5) is 9.82. The van der Waals surface area contributed by atoms with E-state index < -0.39 is 0 Å². The van der Waals surface area contributed by atoms with Crippen molar-refractivity contribution in [1.82, 2.24) is 9.97 Å². The molecule has 0 saturated carbocycles.